The van der Waals surface area contributed by atoms with E-state index in [4.69, 9.17) is 5.73 Å². The predicted octanol–water partition coefficient (Wildman–Crippen LogP) is 1.29. The van der Waals surface area contributed by atoms with Crippen LogP contribution in [0.4, 0.5) is 9.52 Å². The van der Waals surface area contributed by atoms with Crippen LogP contribution in [0.25, 0.3) is 0 Å². The van der Waals surface area contributed by atoms with E-state index in [0.717, 1.165) is 17.5 Å². The number of anilines is 1. The summed E-state index contributed by atoms with van der Waals surface area (Å²) in [5.41, 5.74) is 5.05. The minimum Gasteiger partial charge on any atom is -0.375 e. The Kier molecular flexibility index (Phi) is 2.71. The van der Waals surface area contributed by atoms with Crippen LogP contribution in [0.5, 0.6) is 0 Å². The lowest BCUT2D eigenvalue weighted by Crippen LogP contribution is -1.77. The zero-order valence-electron chi connectivity index (χ0n) is 3.80. The fourth-order valence-electron chi connectivity index (χ4n) is 0.267. The van der Waals surface area contributed by atoms with Gasteiger partial charge in [0.05, 0.1) is 6.20 Å². The van der Waals surface area contributed by atoms with Gasteiger partial charge in [0.2, 0.25) is 0 Å². The van der Waals surface area contributed by atoms with Crippen molar-refractivity contribution in [1.82, 2.24) is 4.98 Å². The number of hydrogen-bond donors (Lipinski definition) is 1. The molecule has 8 heavy (non-hydrogen) atoms. The van der Waals surface area contributed by atoms with E-state index in [1.54, 1.807) is 0 Å². The summed E-state index contributed by atoms with van der Waals surface area (Å²) < 4.78 is 11.8. The van der Waals surface area contributed by atoms with E-state index in [-0.39, 0.29) is 22.7 Å². The molecule has 0 aromatic carbocycles. The van der Waals surface area contributed by atoms with Gasteiger partial charge in [-0.2, -0.15) is 4.39 Å². The van der Waals surface area contributed by atoms with Crippen LogP contribution >= 0.6 is 23.7 Å². The molecule has 5 heteroatoms. The zero-order valence-corrected chi connectivity index (χ0v) is 5.43. The molecule has 1 aromatic heterocycles. The molecule has 0 radical (unpaired) electrons. The maximum Gasteiger partial charge on any atom is 0.198 e. The molecule has 0 bridgehead atoms. The average Bonchev–Trinajstić information content (AvgIpc) is 1.87. The average molecular weight is 155 g/mol. The summed E-state index contributed by atoms with van der Waals surface area (Å²) in [6, 6.07) is 0. The van der Waals surface area contributed by atoms with Gasteiger partial charge in [0.1, 0.15) is 0 Å². The van der Waals surface area contributed by atoms with E-state index in [9.17, 15) is 4.39 Å². The smallest absolute Gasteiger partial charge is 0.198 e. The first-order chi connectivity index (χ1) is 3.29. The maximum atomic E-state index is 11.8. The fourth-order valence-corrected chi connectivity index (χ4v) is 0.678. The van der Waals surface area contributed by atoms with Crippen molar-refractivity contribution in [2.75, 3.05) is 5.73 Å². The number of nitrogens with zero attached hydrogens (tertiary/aromatic N) is 1. The highest BCUT2D eigenvalue weighted by molar-refractivity contribution is 7.13. The van der Waals surface area contributed by atoms with Gasteiger partial charge in [-0.15, -0.1) is 12.4 Å². The summed E-state index contributed by atoms with van der Waals surface area (Å²) in [5.74, 6) is 0. The zero-order chi connectivity index (χ0) is 5.28. The lowest BCUT2D eigenvalue weighted by molar-refractivity contribution is 0.653. The molecule has 0 fully saturated rings. The number of nitrogens with two attached hydrogens (primary N) is 1. The van der Waals surface area contributed by atoms with E-state index in [2.05, 4.69) is 4.98 Å². The Morgan fingerprint density at radius 3 is 2.50 bits per heavy atom. The van der Waals surface area contributed by atoms with E-state index in [1.807, 2.05) is 0 Å². The maximum absolute atomic E-state index is 11.8. The quantitative estimate of drug-likeness (QED) is 0.612. The number of aromatic nitrogens is 1. The summed E-state index contributed by atoms with van der Waals surface area (Å²) in [7, 11) is 0. The van der Waals surface area contributed by atoms with E-state index >= 15 is 0 Å². The Labute approximate surface area is 55.9 Å². The van der Waals surface area contributed by atoms with Crippen LogP contribution in [0.15, 0.2) is 6.20 Å². The van der Waals surface area contributed by atoms with Crippen LogP contribution < -0.4 is 5.73 Å². The van der Waals surface area contributed by atoms with Crippen molar-refractivity contribution in [1.29, 1.82) is 0 Å². The summed E-state index contributed by atoms with van der Waals surface area (Å²) >= 11 is 0.843. The van der Waals surface area contributed by atoms with Crippen molar-refractivity contribution >= 4 is 28.9 Å². The Morgan fingerprint density at radius 1 is 1.75 bits per heavy atom. The van der Waals surface area contributed by atoms with Gasteiger partial charge in [-0.3, -0.25) is 0 Å². The molecule has 0 atom stereocenters. The lowest BCUT2D eigenvalue weighted by atomic mass is 11.0. The van der Waals surface area contributed by atoms with E-state index < -0.39 is 0 Å². The molecular weight excluding hydrogens is 151 g/mol. The van der Waals surface area contributed by atoms with Gasteiger partial charge in [0.25, 0.3) is 0 Å². The predicted molar refractivity (Wildman–Crippen MR) is 33.7 cm³/mol. The lowest BCUT2D eigenvalue weighted by Gasteiger charge is -1.68. The summed E-state index contributed by atoms with van der Waals surface area (Å²) in [6.07, 6.45) is 1.10. The van der Waals surface area contributed by atoms with Gasteiger partial charge < -0.3 is 5.73 Å². The van der Waals surface area contributed by atoms with Gasteiger partial charge in [0, 0.05) is 0 Å². The van der Waals surface area contributed by atoms with Crippen LogP contribution in [0, 0.1) is 5.13 Å². The number of nitrogen functional groups attached to an aromatic ring is 1. The molecular formula is C3H4ClFN2S. The topological polar surface area (TPSA) is 38.9 Å². The van der Waals surface area contributed by atoms with Gasteiger partial charge >= 0.3 is 0 Å². The van der Waals surface area contributed by atoms with Crippen molar-refractivity contribution in [3.05, 3.63) is 11.3 Å². The number of rotatable bonds is 0. The highest BCUT2D eigenvalue weighted by atomic mass is 35.5. The minimum atomic E-state index is -0.336. The molecule has 1 rings (SSSR count). The van der Waals surface area contributed by atoms with Gasteiger partial charge in [-0.1, -0.05) is 11.3 Å². The van der Waals surface area contributed by atoms with Crippen LogP contribution in [0.3, 0.4) is 0 Å². The molecule has 0 aliphatic carbocycles. The fraction of sp³-hybridized carbons (Fsp3) is 0. The molecule has 0 unspecified atom stereocenters. The Balaban J connectivity index is 0.000000490. The first-order valence-electron chi connectivity index (χ1n) is 1.66. The minimum absolute atomic E-state index is 0. The van der Waals surface area contributed by atoms with Crippen LogP contribution in [0.2, 0.25) is 0 Å². The molecule has 46 valence electrons. The summed E-state index contributed by atoms with van der Waals surface area (Å²) in [6.45, 7) is 0. The number of halogens is 2. The second kappa shape index (κ2) is 2.84. The third-order valence-electron chi connectivity index (χ3n) is 0.495. The molecule has 0 saturated carbocycles. The second-order valence-electron chi connectivity index (χ2n) is 1.00. The molecule has 2 nitrogen and oxygen atoms in total. The summed E-state index contributed by atoms with van der Waals surface area (Å²) in [4.78, 5) is 3.44. The second-order valence-corrected chi connectivity index (χ2v) is 2.02. The van der Waals surface area contributed by atoms with Gasteiger partial charge in [-0.05, 0) is 0 Å². The Hall–Kier alpha value is -0.350. The first-order valence-corrected chi connectivity index (χ1v) is 2.47. The highest BCUT2D eigenvalue weighted by Gasteiger charge is 1.91. The highest BCUT2D eigenvalue weighted by Crippen LogP contribution is 2.10. The third kappa shape index (κ3) is 1.63. The monoisotopic (exact) mass is 154 g/mol. The first kappa shape index (κ1) is 7.65. The molecule has 0 aliphatic rings. The van der Waals surface area contributed by atoms with Crippen molar-refractivity contribution in [2.24, 2.45) is 0 Å². The van der Waals surface area contributed by atoms with Crippen LogP contribution in [-0.2, 0) is 0 Å². The number of thiazole rings is 1. The molecule has 0 amide bonds. The van der Waals surface area contributed by atoms with Crippen LogP contribution in [0.1, 0.15) is 0 Å². The SMILES string of the molecule is Cl.Nc1ncc(F)s1. The molecule has 1 aromatic rings. The molecule has 0 spiro atoms. The van der Waals surface area contributed by atoms with E-state index in [0.29, 0.717) is 0 Å². The van der Waals surface area contributed by atoms with Crippen molar-refractivity contribution in [3.63, 3.8) is 0 Å². The van der Waals surface area contributed by atoms with Crippen molar-refractivity contribution in [3.8, 4) is 0 Å². The summed E-state index contributed by atoms with van der Waals surface area (Å²) in [5, 5.41) is -0.0602. The largest absolute Gasteiger partial charge is 0.375 e. The molecule has 0 aliphatic heterocycles. The van der Waals surface area contributed by atoms with Gasteiger partial charge in [-0.25, -0.2) is 4.98 Å². The normalized spacial score (nSPS) is 8.12. The number of hydrogen-bond acceptors (Lipinski definition) is 3. The Bertz CT molecular complexity index is 150. The van der Waals surface area contributed by atoms with Crippen molar-refractivity contribution < 1.29 is 4.39 Å². The van der Waals surface area contributed by atoms with Crippen molar-refractivity contribution in [2.45, 2.75) is 0 Å². The van der Waals surface area contributed by atoms with Gasteiger partial charge in [0.15, 0.2) is 10.3 Å². The molecule has 0 saturated heterocycles. The standard InChI is InChI=1S/C3H3FN2S.ClH/c4-2-1-6-3(5)7-2;/h1H,(H2,5,6);1H. The third-order valence-corrected chi connectivity index (χ3v) is 1.11. The Morgan fingerprint density at radius 2 is 2.38 bits per heavy atom. The van der Waals surface area contributed by atoms with E-state index in [1.165, 1.54) is 0 Å². The molecule has 2 N–H and O–H groups in total. The van der Waals surface area contributed by atoms with Crippen LogP contribution in [-0.4, -0.2) is 4.98 Å². The molecule has 1 heterocycles.